The van der Waals surface area contributed by atoms with Crippen molar-refractivity contribution in [2.24, 2.45) is 5.73 Å². The minimum atomic E-state index is -0.281. The van der Waals surface area contributed by atoms with Gasteiger partial charge in [-0.2, -0.15) is 0 Å². The van der Waals surface area contributed by atoms with Gasteiger partial charge >= 0.3 is 5.97 Å². The van der Waals surface area contributed by atoms with Crippen molar-refractivity contribution in [3.8, 4) is 0 Å². The van der Waals surface area contributed by atoms with Gasteiger partial charge in [-0.05, 0) is 24.1 Å². The zero-order valence-corrected chi connectivity index (χ0v) is 10.6. The Morgan fingerprint density at radius 3 is 2.50 bits per heavy atom. The number of ether oxygens (including phenoxy) is 1. The number of hydrogen-bond acceptors (Lipinski definition) is 3. The first-order chi connectivity index (χ1) is 7.11. The van der Waals surface area contributed by atoms with Crippen molar-refractivity contribution in [2.75, 3.05) is 7.11 Å². The Labute approximate surface area is 106 Å². The maximum atomic E-state index is 10.9. The molecule has 2 N–H and O–H groups in total. The number of esters is 1. The lowest BCUT2D eigenvalue weighted by atomic mass is 10.0. The summed E-state index contributed by atoms with van der Waals surface area (Å²) in [5, 5.41) is 0.695. The summed E-state index contributed by atoms with van der Waals surface area (Å²) in [6.07, 6.45) is 0.880. The number of hydrogen-bond donors (Lipinski definition) is 1. The van der Waals surface area contributed by atoms with Crippen molar-refractivity contribution in [3.05, 3.63) is 34.9 Å². The second kappa shape index (κ2) is 7.49. The van der Waals surface area contributed by atoms with E-state index in [0.29, 0.717) is 11.4 Å². The van der Waals surface area contributed by atoms with E-state index < -0.39 is 0 Å². The monoisotopic (exact) mass is 263 g/mol. The lowest BCUT2D eigenvalue weighted by Gasteiger charge is -2.09. The molecule has 0 saturated heterocycles. The molecule has 0 aliphatic carbocycles. The summed E-state index contributed by atoms with van der Waals surface area (Å²) >= 11 is 5.75. The first-order valence-corrected chi connectivity index (χ1v) is 5.06. The van der Waals surface area contributed by atoms with E-state index in [4.69, 9.17) is 17.3 Å². The fourth-order valence-corrected chi connectivity index (χ4v) is 1.42. The number of nitrogens with two attached hydrogens (primary N) is 1. The Kier molecular flexibility index (Phi) is 7.13. The molecule has 0 radical (unpaired) electrons. The number of methoxy groups -OCH3 is 1. The first-order valence-electron chi connectivity index (χ1n) is 4.68. The highest BCUT2D eigenvalue weighted by Gasteiger charge is 2.09. The van der Waals surface area contributed by atoms with E-state index in [1.54, 1.807) is 0 Å². The standard InChI is InChI=1S/C11H14ClNO2.ClH/c1-15-11(14)7-10(13)6-8-2-4-9(12)5-3-8;/h2-5,10H,6-7,13H2,1H3;1H/t10-;/m0./s1. The van der Waals surface area contributed by atoms with Gasteiger partial charge in [0, 0.05) is 11.1 Å². The zero-order chi connectivity index (χ0) is 11.3. The fraction of sp³-hybridized carbons (Fsp3) is 0.364. The normalized spacial score (nSPS) is 11.4. The van der Waals surface area contributed by atoms with Crippen molar-refractivity contribution >= 4 is 30.0 Å². The summed E-state index contributed by atoms with van der Waals surface area (Å²) < 4.78 is 4.54. The topological polar surface area (TPSA) is 52.3 Å². The molecule has 3 nitrogen and oxygen atoms in total. The maximum absolute atomic E-state index is 10.9. The summed E-state index contributed by atoms with van der Waals surface area (Å²) in [7, 11) is 1.36. The van der Waals surface area contributed by atoms with Gasteiger partial charge in [0.05, 0.1) is 13.5 Å². The Morgan fingerprint density at radius 2 is 2.00 bits per heavy atom. The van der Waals surface area contributed by atoms with Crippen molar-refractivity contribution < 1.29 is 9.53 Å². The number of carbonyl (C=O) groups is 1. The van der Waals surface area contributed by atoms with Crippen LogP contribution in [0.2, 0.25) is 5.02 Å². The van der Waals surface area contributed by atoms with Gasteiger partial charge in [0.15, 0.2) is 0 Å². The van der Waals surface area contributed by atoms with Crippen molar-refractivity contribution in [1.82, 2.24) is 0 Å². The Bertz CT molecular complexity index is 327. The van der Waals surface area contributed by atoms with Crippen LogP contribution in [0.5, 0.6) is 0 Å². The van der Waals surface area contributed by atoms with Crippen LogP contribution in [-0.2, 0) is 16.0 Å². The quantitative estimate of drug-likeness (QED) is 0.848. The lowest BCUT2D eigenvalue weighted by Crippen LogP contribution is -2.26. The largest absolute Gasteiger partial charge is 0.469 e. The van der Waals surface area contributed by atoms with Gasteiger partial charge in [0.25, 0.3) is 0 Å². The molecule has 0 heterocycles. The third kappa shape index (κ3) is 5.35. The van der Waals surface area contributed by atoms with E-state index in [-0.39, 0.29) is 30.8 Å². The Hall–Kier alpha value is -0.770. The van der Waals surface area contributed by atoms with Gasteiger partial charge in [0.2, 0.25) is 0 Å². The molecular formula is C11H15Cl2NO2. The number of rotatable bonds is 4. The third-order valence-electron chi connectivity index (χ3n) is 2.07. The number of carbonyl (C=O) groups excluding carboxylic acids is 1. The first kappa shape index (κ1) is 15.2. The minimum absolute atomic E-state index is 0. The van der Waals surface area contributed by atoms with E-state index in [0.717, 1.165) is 5.56 Å². The minimum Gasteiger partial charge on any atom is -0.469 e. The third-order valence-corrected chi connectivity index (χ3v) is 2.32. The molecule has 16 heavy (non-hydrogen) atoms. The zero-order valence-electron chi connectivity index (χ0n) is 8.98. The number of halogens is 2. The van der Waals surface area contributed by atoms with Crippen molar-refractivity contribution in [2.45, 2.75) is 18.9 Å². The molecule has 0 aromatic heterocycles. The molecule has 1 aromatic carbocycles. The van der Waals surface area contributed by atoms with Gasteiger partial charge < -0.3 is 10.5 Å². The molecular weight excluding hydrogens is 249 g/mol. The van der Waals surface area contributed by atoms with Crippen LogP contribution in [0.15, 0.2) is 24.3 Å². The van der Waals surface area contributed by atoms with Crippen LogP contribution >= 0.6 is 24.0 Å². The molecule has 5 heteroatoms. The molecule has 0 spiro atoms. The molecule has 0 saturated carbocycles. The molecule has 0 amide bonds. The summed E-state index contributed by atoms with van der Waals surface area (Å²) in [6, 6.07) is 7.21. The molecule has 0 unspecified atom stereocenters. The highest BCUT2D eigenvalue weighted by atomic mass is 35.5. The van der Waals surface area contributed by atoms with Gasteiger partial charge in [-0.1, -0.05) is 23.7 Å². The predicted molar refractivity (Wildman–Crippen MR) is 67.0 cm³/mol. The van der Waals surface area contributed by atoms with Crippen molar-refractivity contribution in [3.63, 3.8) is 0 Å². The lowest BCUT2D eigenvalue weighted by molar-refractivity contribution is -0.140. The summed E-state index contributed by atoms with van der Waals surface area (Å²) in [4.78, 5) is 10.9. The summed E-state index contributed by atoms with van der Waals surface area (Å²) in [6.45, 7) is 0. The van der Waals surface area contributed by atoms with Crippen LogP contribution in [0.1, 0.15) is 12.0 Å². The van der Waals surface area contributed by atoms with Gasteiger partial charge in [-0.3, -0.25) is 4.79 Å². The van der Waals surface area contributed by atoms with Crippen molar-refractivity contribution in [1.29, 1.82) is 0 Å². The van der Waals surface area contributed by atoms with Crippen LogP contribution in [0.25, 0.3) is 0 Å². The fourth-order valence-electron chi connectivity index (χ4n) is 1.29. The van der Waals surface area contributed by atoms with E-state index in [1.165, 1.54) is 7.11 Å². The molecule has 0 aliphatic heterocycles. The van der Waals surface area contributed by atoms with Crippen LogP contribution in [0.4, 0.5) is 0 Å². The highest BCUT2D eigenvalue weighted by molar-refractivity contribution is 6.30. The van der Waals surface area contributed by atoms with E-state index in [1.807, 2.05) is 24.3 Å². The van der Waals surface area contributed by atoms with Crippen LogP contribution in [-0.4, -0.2) is 19.1 Å². The van der Waals surface area contributed by atoms with E-state index in [2.05, 4.69) is 4.74 Å². The average molecular weight is 264 g/mol. The summed E-state index contributed by atoms with van der Waals surface area (Å²) in [5.74, 6) is -0.281. The molecule has 0 fully saturated rings. The van der Waals surface area contributed by atoms with Gasteiger partial charge in [-0.25, -0.2) is 0 Å². The predicted octanol–water partition coefficient (Wildman–Crippen LogP) is 2.19. The van der Waals surface area contributed by atoms with Crippen LogP contribution in [0, 0.1) is 0 Å². The Morgan fingerprint density at radius 1 is 1.44 bits per heavy atom. The molecule has 0 bridgehead atoms. The molecule has 0 aliphatic rings. The van der Waals surface area contributed by atoms with Gasteiger partial charge in [-0.15, -0.1) is 12.4 Å². The average Bonchev–Trinajstić information content (AvgIpc) is 2.21. The number of benzene rings is 1. The molecule has 1 rings (SSSR count). The van der Waals surface area contributed by atoms with Crippen LogP contribution < -0.4 is 5.73 Å². The smallest absolute Gasteiger partial charge is 0.307 e. The van der Waals surface area contributed by atoms with E-state index in [9.17, 15) is 4.79 Å². The molecule has 1 aromatic rings. The Balaban J connectivity index is 0.00000225. The highest BCUT2D eigenvalue weighted by Crippen LogP contribution is 2.11. The molecule has 1 atom stereocenters. The second-order valence-electron chi connectivity index (χ2n) is 3.37. The van der Waals surface area contributed by atoms with E-state index >= 15 is 0 Å². The SMILES string of the molecule is COC(=O)C[C@@H](N)Cc1ccc(Cl)cc1.Cl. The van der Waals surface area contributed by atoms with Gasteiger partial charge in [0.1, 0.15) is 0 Å². The summed E-state index contributed by atoms with van der Waals surface area (Å²) in [5.41, 5.74) is 6.85. The molecule has 90 valence electrons. The second-order valence-corrected chi connectivity index (χ2v) is 3.81. The van der Waals surface area contributed by atoms with Crippen LogP contribution in [0.3, 0.4) is 0 Å². The maximum Gasteiger partial charge on any atom is 0.307 e.